The van der Waals surface area contributed by atoms with Gasteiger partial charge in [0.1, 0.15) is 23.9 Å². The SMILES string of the molecule is COc1ccccc1N1CCC[C@@H](Nc2ncnc3c2CCC3)C1=O. The number of carbonyl (C=O) groups excluding carboxylic acids is 1. The standard InChI is InChI=1S/C19H22N4O2/c1-25-17-10-3-2-9-16(17)23-11-5-8-15(19(23)24)22-18-13-6-4-7-14(13)20-12-21-18/h2-3,9-10,12,15H,4-8,11H2,1H3,(H,20,21,22)/t15-/m1/s1. The van der Waals surface area contributed by atoms with Crippen LogP contribution >= 0.6 is 0 Å². The maximum atomic E-state index is 13.1. The molecule has 1 aliphatic carbocycles. The van der Waals surface area contributed by atoms with Gasteiger partial charge in [0, 0.05) is 17.8 Å². The molecule has 0 radical (unpaired) electrons. The number of benzene rings is 1. The van der Waals surface area contributed by atoms with Crippen LogP contribution in [0.25, 0.3) is 0 Å². The summed E-state index contributed by atoms with van der Waals surface area (Å²) in [5.41, 5.74) is 3.11. The van der Waals surface area contributed by atoms with Gasteiger partial charge in [0.2, 0.25) is 5.91 Å². The number of carbonyl (C=O) groups is 1. The van der Waals surface area contributed by atoms with E-state index in [1.54, 1.807) is 13.4 Å². The van der Waals surface area contributed by atoms with Gasteiger partial charge in [-0.05, 0) is 44.2 Å². The van der Waals surface area contributed by atoms with Gasteiger partial charge < -0.3 is 15.0 Å². The fraction of sp³-hybridized carbons (Fsp3) is 0.421. The predicted molar refractivity (Wildman–Crippen MR) is 96.0 cm³/mol. The van der Waals surface area contributed by atoms with E-state index in [0.717, 1.165) is 55.1 Å². The molecule has 25 heavy (non-hydrogen) atoms. The Morgan fingerprint density at radius 3 is 2.96 bits per heavy atom. The summed E-state index contributed by atoms with van der Waals surface area (Å²) < 4.78 is 5.43. The number of hydrogen-bond acceptors (Lipinski definition) is 5. The van der Waals surface area contributed by atoms with Gasteiger partial charge in [-0.25, -0.2) is 9.97 Å². The minimum Gasteiger partial charge on any atom is -0.495 e. The van der Waals surface area contributed by atoms with Crippen LogP contribution in [0.5, 0.6) is 5.75 Å². The van der Waals surface area contributed by atoms with Crippen molar-refractivity contribution in [1.29, 1.82) is 0 Å². The van der Waals surface area contributed by atoms with Gasteiger partial charge in [0.25, 0.3) is 0 Å². The van der Waals surface area contributed by atoms with E-state index in [1.165, 1.54) is 5.56 Å². The average Bonchev–Trinajstić information content (AvgIpc) is 3.13. The quantitative estimate of drug-likeness (QED) is 0.928. The van der Waals surface area contributed by atoms with Crippen LogP contribution in [0.15, 0.2) is 30.6 Å². The third-order valence-corrected chi connectivity index (χ3v) is 5.00. The normalized spacial score (nSPS) is 19.6. The summed E-state index contributed by atoms with van der Waals surface area (Å²) in [6.07, 6.45) is 6.43. The van der Waals surface area contributed by atoms with Crippen molar-refractivity contribution >= 4 is 17.4 Å². The predicted octanol–water partition coefficient (Wildman–Crippen LogP) is 2.58. The van der Waals surface area contributed by atoms with E-state index in [0.29, 0.717) is 6.54 Å². The van der Waals surface area contributed by atoms with E-state index in [9.17, 15) is 4.79 Å². The Morgan fingerprint density at radius 2 is 2.08 bits per heavy atom. The lowest BCUT2D eigenvalue weighted by Crippen LogP contribution is -2.48. The molecule has 4 rings (SSSR count). The van der Waals surface area contributed by atoms with Crippen LogP contribution in [0.1, 0.15) is 30.5 Å². The molecule has 1 aromatic carbocycles. The van der Waals surface area contributed by atoms with E-state index in [-0.39, 0.29) is 11.9 Å². The molecule has 1 atom stereocenters. The van der Waals surface area contributed by atoms with Crippen molar-refractivity contribution in [1.82, 2.24) is 9.97 Å². The molecule has 2 aliphatic rings. The summed E-state index contributed by atoms with van der Waals surface area (Å²) in [6, 6.07) is 7.40. The fourth-order valence-electron chi connectivity index (χ4n) is 3.75. The second-order valence-corrected chi connectivity index (χ2v) is 6.50. The number of amides is 1. The van der Waals surface area contributed by atoms with Crippen LogP contribution in [-0.4, -0.2) is 35.6 Å². The number of hydrogen-bond donors (Lipinski definition) is 1. The summed E-state index contributed by atoms with van der Waals surface area (Å²) in [4.78, 5) is 23.6. The van der Waals surface area contributed by atoms with Gasteiger partial charge in [-0.1, -0.05) is 12.1 Å². The zero-order valence-corrected chi connectivity index (χ0v) is 14.4. The molecule has 130 valence electrons. The molecule has 1 fully saturated rings. The highest BCUT2D eigenvalue weighted by Gasteiger charge is 2.32. The number of methoxy groups -OCH3 is 1. The first kappa shape index (κ1) is 15.9. The van der Waals surface area contributed by atoms with Crippen molar-refractivity contribution in [2.24, 2.45) is 0 Å². The highest BCUT2D eigenvalue weighted by Crippen LogP contribution is 2.32. The number of rotatable bonds is 4. The number of aryl methyl sites for hydroxylation is 1. The van der Waals surface area contributed by atoms with Crippen molar-refractivity contribution in [3.63, 3.8) is 0 Å². The molecular weight excluding hydrogens is 316 g/mol. The number of nitrogens with one attached hydrogen (secondary N) is 1. The molecule has 0 bridgehead atoms. The number of aromatic nitrogens is 2. The molecule has 2 heterocycles. The molecule has 1 amide bonds. The van der Waals surface area contributed by atoms with Gasteiger partial charge in [-0.15, -0.1) is 0 Å². The molecule has 0 unspecified atom stereocenters. The number of nitrogens with zero attached hydrogens (tertiary/aromatic N) is 3. The minimum atomic E-state index is -0.265. The van der Waals surface area contributed by atoms with E-state index >= 15 is 0 Å². The van der Waals surface area contributed by atoms with Crippen LogP contribution in [0.2, 0.25) is 0 Å². The molecule has 1 aromatic heterocycles. The monoisotopic (exact) mass is 338 g/mol. The van der Waals surface area contributed by atoms with Gasteiger partial charge in [0.05, 0.1) is 12.8 Å². The smallest absolute Gasteiger partial charge is 0.249 e. The lowest BCUT2D eigenvalue weighted by molar-refractivity contribution is -0.120. The molecule has 1 aliphatic heterocycles. The Labute approximate surface area is 147 Å². The Hall–Kier alpha value is -2.63. The number of para-hydroxylation sites is 2. The summed E-state index contributed by atoms with van der Waals surface area (Å²) in [5.74, 6) is 1.61. The van der Waals surface area contributed by atoms with Crippen molar-refractivity contribution < 1.29 is 9.53 Å². The van der Waals surface area contributed by atoms with Crippen LogP contribution in [-0.2, 0) is 17.6 Å². The van der Waals surface area contributed by atoms with Crippen LogP contribution in [0, 0.1) is 0 Å². The topological polar surface area (TPSA) is 67.3 Å². The highest BCUT2D eigenvalue weighted by molar-refractivity contribution is 6.00. The van der Waals surface area contributed by atoms with Gasteiger partial charge in [-0.2, -0.15) is 0 Å². The first-order valence-electron chi connectivity index (χ1n) is 8.81. The maximum absolute atomic E-state index is 13.1. The fourth-order valence-corrected chi connectivity index (χ4v) is 3.75. The van der Waals surface area contributed by atoms with Crippen molar-refractivity contribution in [3.8, 4) is 5.75 Å². The van der Waals surface area contributed by atoms with Gasteiger partial charge >= 0.3 is 0 Å². The van der Waals surface area contributed by atoms with Crippen molar-refractivity contribution in [2.45, 2.75) is 38.1 Å². The third kappa shape index (κ3) is 2.92. The summed E-state index contributed by atoms with van der Waals surface area (Å²) in [6.45, 7) is 0.708. The second-order valence-electron chi connectivity index (χ2n) is 6.50. The lowest BCUT2D eigenvalue weighted by Gasteiger charge is -2.33. The average molecular weight is 338 g/mol. The van der Waals surface area contributed by atoms with Crippen molar-refractivity contribution in [3.05, 3.63) is 41.9 Å². The Kier molecular flexibility index (Phi) is 4.26. The summed E-state index contributed by atoms with van der Waals surface area (Å²) >= 11 is 0. The minimum absolute atomic E-state index is 0.0705. The Bertz CT molecular complexity index is 793. The summed E-state index contributed by atoms with van der Waals surface area (Å²) in [7, 11) is 1.63. The van der Waals surface area contributed by atoms with E-state index in [1.807, 2.05) is 29.2 Å². The molecule has 6 heteroatoms. The van der Waals surface area contributed by atoms with Crippen LogP contribution in [0.3, 0.4) is 0 Å². The first-order valence-corrected chi connectivity index (χ1v) is 8.81. The van der Waals surface area contributed by atoms with E-state index in [4.69, 9.17) is 4.74 Å². The first-order chi connectivity index (χ1) is 12.3. The number of fused-ring (bicyclic) bond motifs is 1. The number of anilines is 2. The van der Waals surface area contributed by atoms with Crippen molar-refractivity contribution in [2.75, 3.05) is 23.9 Å². The van der Waals surface area contributed by atoms with Gasteiger partial charge in [0.15, 0.2) is 0 Å². The van der Waals surface area contributed by atoms with E-state index in [2.05, 4.69) is 15.3 Å². The molecule has 6 nitrogen and oxygen atoms in total. The highest BCUT2D eigenvalue weighted by atomic mass is 16.5. The number of piperidine rings is 1. The molecule has 0 spiro atoms. The van der Waals surface area contributed by atoms with Crippen LogP contribution in [0.4, 0.5) is 11.5 Å². The summed E-state index contributed by atoms with van der Waals surface area (Å²) in [5, 5.41) is 3.39. The van der Waals surface area contributed by atoms with Crippen LogP contribution < -0.4 is 15.0 Å². The molecule has 1 saturated heterocycles. The zero-order valence-electron chi connectivity index (χ0n) is 14.4. The molecule has 1 N–H and O–H groups in total. The third-order valence-electron chi connectivity index (χ3n) is 5.00. The Balaban J connectivity index is 1.58. The zero-order chi connectivity index (χ0) is 17.2. The largest absolute Gasteiger partial charge is 0.495 e. The maximum Gasteiger partial charge on any atom is 0.249 e. The molecule has 2 aromatic rings. The number of ether oxygens (including phenoxy) is 1. The Morgan fingerprint density at radius 1 is 1.20 bits per heavy atom. The van der Waals surface area contributed by atoms with E-state index < -0.39 is 0 Å². The lowest BCUT2D eigenvalue weighted by atomic mass is 10.0. The molecule has 0 saturated carbocycles. The molecular formula is C19H22N4O2. The van der Waals surface area contributed by atoms with Gasteiger partial charge in [-0.3, -0.25) is 4.79 Å². The second kappa shape index (κ2) is 6.70.